The molecule has 5 rings (SSSR count). The average Bonchev–Trinajstić information content (AvgIpc) is 3.34. The Balaban J connectivity index is 1.38. The average molecular weight is 485 g/mol. The zero-order valence-corrected chi connectivity index (χ0v) is 19.4. The van der Waals surface area contributed by atoms with Crippen LogP contribution in [0.1, 0.15) is 32.1 Å². The Hall–Kier alpha value is -2.85. The SMILES string of the molecule is N#CCCN1[C@@H]2CC[C@H]1C[C@H](Nc1nc(Nc3ncc(S(N)(=O)=O)s3)cc3ncccc13)C2. The number of rotatable bonds is 7. The van der Waals surface area contributed by atoms with Crippen molar-refractivity contribution in [3.63, 3.8) is 0 Å². The monoisotopic (exact) mass is 484 g/mol. The maximum Gasteiger partial charge on any atom is 0.249 e. The van der Waals surface area contributed by atoms with Crippen molar-refractivity contribution in [1.29, 1.82) is 5.26 Å². The number of nitrogens with zero attached hydrogens (tertiary/aromatic N) is 5. The van der Waals surface area contributed by atoms with E-state index in [1.54, 1.807) is 6.20 Å². The standard InChI is InChI=1S/C21H24N8O2S2/c22-6-2-8-29-14-4-5-15(29)10-13(9-14)26-20-16-3-1-7-24-17(16)11-18(27-20)28-21-25-12-19(32-21)33(23,30)31/h1,3,7,11-15H,2,4-5,8-10H2,(H2,23,30,31)(H2,25,26,27,28)/t13-,14-,15+. The van der Waals surface area contributed by atoms with E-state index in [1.165, 1.54) is 19.0 Å². The molecule has 0 saturated carbocycles. The van der Waals surface area contributed by atoms with E-state index >= 15 is 0 Å². The van der Waals surface area contributed by atoms with Crippen LogP contribution in [0.25, 0.3) is 10.9 Å². The molecule has 2 aliphatic heterocycles. The summed E-state index contributed by atoms with van der Waals surface area (Å²) in [7, 11) is -3.80. The fraction of sp³-hybridized carbons (Fsp3) is 0.429. The molecule has 0 amide bonds. The Morgan fingerprint density at radius 1 is 1.27 bits per heavy atom. The van der Waals surface area contributed by atoms with Gasteiger partial charge in [0.25, 0.3) is 0 Å². The number of thiazole rings is 1. The van der Waals surface area contributed by atoms with Gasteiger partial charge in [0.05, 0.1) is 17.8 Å². The van der Waals surface area contributed by atoms with Crippen molar-refractivity contribution < 1.29 is 8.42 Å². The van der Waals surface area contributed by atoms with Gasteiger partial charge in [-0.15, -0.1) is 0 Å². The summed E-state index contributed by atoms with van der Waals surface area (Å²) in [6, 6.07) is 9.21. The summed E-state index contributed by atoms with van der Waals surface area (Å²) in [5, 5.41) is 22.2. The second-order valence-electron chi connectivity index (χ2n) is 8.42. The summed E-state index contributed by atoms with van der Waals surface area (Å²) in [4.78, 5) is 15.8. The third-order valence-corrected chi connectivity index (χ3v) is 8.63. The molecule has 0 aliphatic carbocycles. The van der Waals surface area contributed by atoms with E-state index in [2.05, 4.69) is 31.6 Å². The molecule has 12 heteroatoms. The Morgan fingerprint density at radius 3 is 2.76 bits per heavy atom. The lowest BCUT2D eigenvalue weighted by atomic mass is 9.97. The molecule has 2 saturated heterocycles. The number of fused-ring (bicyclic) bond motifs is 3. The molecule has 2 fully saturated rings. The number of nitrogens with one attached hydrogen (secondary N) is 2. The van der Waals surface area contributed by atoms with Crippen LogP contribution in [0.5, 0.6) is 0 Å². The normalized spacial score (nSPS) is 22.8. The van der Waals surface area contributed by atoms with Gasteiger partial charge in [-0.25, -0.2) is 23.5 Å². The summed E-state index contributed by atoms with van der Waals surface area (Å²) in [5.74, 6) is 1.26. The molecule has 2 aliphatic rings. The van der Waals surface area contributed by atoms with Gasteiger partial charge in [0.15, 0.2) is 9.34 Å². The third kappa shape index (κ3) is 4.63. The summed E-state index contributed by atoms with van der Waals surface area (Å²) in [6.07, 6.45) is 7.88. The minimum atomic E-state index is -3.80. The van der Waals surface area contributed by atoms with Crippen LogP contribution in [0.15, 0.2) is 34.8 Å². The first kappa shape index (κ1) is 22.0. The molecule has 10 nitrogen and oxygen atoms in total. The summed E-state index contributed by atoms with van der Waals surface area (Å²) < 4.78 is 23.1. The van der Waals surface area contributed by atoms with Crippen LogP contribution in [0, 0.1) is 11.3 Å². The molecule has 0 aromatic carbocycles. The predicted molar refractivity (Wildman–Crippen MR) is 127 cm³/mol. The number of piperidine rings is 1. The van der Waals surface area contributed by atoms with Crippen molar-refractivity contribution >= 4 is 49.0 Å². The van der Waals surface area contributed by atoms with Crippen molar-refractivity contribution in [2.75, 3.05) is 17.2 Å². The van der Waals surface area contributed by atoms with E-state index in [4.69, 9.17) is 15.4 Å². The molecule has 3 atom stereocenters. The Kier molecular flexibility index (Phi) is 5.88. The summed E-state index contributed by atoms with van der Waals surface area (Å²) in [5.41, 5.74) is 0.773. The molecule has 172 valence electrons. The van der Waals surface area contributed by atoms with E-state index in [1.807, 2.05) is 18.2 Å². The van der Waals surface area contributed by atoms with Gasteiger partial charge >= 0.3 is 0 Å². The molecule has 3 aromatic rings. The maximum atomic E-state index is 11.6. The molecule has 0 radical (unpaired) electrons. The number of nitrogens with two attached hydrogens (primary N) is 1. The van der Waals surface area contributed by atoms with Crippen LogP contribution in [-0.4, -0.2) is 52.9 Å². The highest BCUT2D eigenvalue weighted by molar-refractivity contribution is 7.91. The highest BCUT2D eigenvalue weighted by Gasteiger charge is 2.40. The molecular weight excluding hydrogens is 460 g/mol. The van der Waals surface area contributed by atoms with Gasteiger partial charge in [-0.3, -0.25) is 9.88 Å². The predicted octanol–water partition coefficient (Wildman–Crippen LogP) is 2.80. The lowest BCUT2D eigenvalue weighted by Gasteiger charge is -2.39. The van der Waals surface area contributed by atoms with Crippen molar-refractivity contribution in [3.05, 3.63) is 30.6 Å². The van der Waals surface area contributed by atoms with E-state index in [9.17, 15) is 8.42 Å². The Labute approximate surface area is 195 Å². The fourth-order valence-electron chi connectivity index (χ4n) is 4.94. The number of nitriles is 1. The van der Waals surface area contributed by atoms with Gasteiger partial charge in [0.1, 0.15) is 11.6 Å². The Morgan fingerprint density at radius 2 is 2.06 bits per heavy atom. The van der Waals surface area contributed by atoms with Crippen molar-refractivity contribution in [3.8, 4) is 6.07 Å². The smallest absolute Gasteiger partial charge is 0.249 e. The second kappa shape index (κ2) is 8.83. The maximum absolute atomic E-state index is 11.6. The van der Waals surface area contributed by atoms with Crippen LogP contribution in [0.4, 0.5) is 16.8 Å². The van der Waals surface area contributed by atoms with Crippen molar-refractivity contribution in [1.82, 2.24) is 19.9 Å². The van der Waals surface area contributed by atoms with Gasteiger partial charge < -0.3 is 10.6 Å². The van der Waals surface area contributed by atoms with Gasteiger partial charge in [0.2, 0.25) is 10.0 Å². The van der Waals surface area contributed by atoms with Crippen LogP contribution in [-0.2, 0) is 10.0 Å². The fourth-order valence-corrected chi connectivity index (χ4v) is 6.40. The van der Waals surface area contributed by atoms with E-state index < -0.39 is 10.0 Å². The first-order chi connectivity index (χ1) is 15.9. The highest BCUT2D eigenvalue weighted by Crippen LogP contribution is 2.37. The Bertz CT molecular complexity index is 1310. The highest BCUT2D eigenvalue weighted by atomic mass is 32.2. The van der Waals surface area contributed by atoms with E-state index in [-0.39, 0.29) is 10.3 Å². The van der Waals surface area contributed by atoms with Crippen LogP contribution >= 0.6 is 11.3 Å². The van der Waals surface area contributed by atoms with E-state index in [0.29, 0.717) is 29.5 Å². The van der Waals surface area contributed by atoms with Crippen molar-refractivity contribution in [2.24, 2.45) is 5.14 Å². The van der Waals surface area contributed by atoms with Gasteiger partial charge in [-0.2, -0.15) is 5.26 Å². The molecular formula is C21H24N8O2S2. The summed E-state index contributed by atoms with van der Waals surface area (Å²) in [6.45, 7) is 0.845. The third-order valence-electron chi connectivity index (χ3n) is 6.31. The zero-order valence-electron chi connectivity index (χ0n) is 17.8. The number of sulfonamides is 1. The van der Waals surface area contributed by atoms with Crippen LogP contribution in [0.2, 0.25) is 0 Å². The molecule has 2 bridgehead atoms. The molecule has 33 heavy (non-hydrogen) atoms. The largest absolute Gasteiger partial charge is 0.367 e. The number of pyridine rings is 2. The van der Waals surface area contributed by atoms with E-state index in [0.717, 1.165) is 47.4 Å². The molecule has 5 heterocycles. The molecule has 0 spiro atoms. The second-order valence-corrected chi connectivity index (χ2v) is 11.2. The van der Waals surface area contributed by atoms with Crippen LogP contribution in [0.3, 0.4) is 0 Å². The van der Waals surface area contributed by atoms with Gasteiger partial charge in [0, 0.05) is 48.7 Å². The topological polar surface area (TPSA) is 150 Å². The minimum Gasteiger partial charge on any atom is -0.367 e. The first-order valence-corrected chi connectivity index (χ1v) is 13.2. The summed E-state index contributed by atoms with van der Waals surface area (Å²) >= 11 is 0.953. The quantitative estimate of drug-likeness (QED) is 0.460. The number of primary sulfonamides is 1. The number of hydrogen-bond acceptors (Lipinski definition) is 10. The van der Waals surface area contributed by atoms with Crippen molar-refractivity contribution in [2.45, 2.75) is 54.4 Å². The number of hydrogen-bond donors (Lipinski definition) is 3. The number of anilines is 3. The molecule has 3 aromatic heterocycles. The van der Waals surface area contributed by atoms with Gasteiger partial charge in [-0.05, 0) is 37.8 Å². The molecule has 4 N–H and O–H groups in total. The zero-order chi connectivity index (χ0) is 23.0. The lowest BCUT2D eigenvalue weighted by Crippen LogP contribution is -2.47. The first-order valence-electron chi connectivity index (χ1n) is 10.8. The molecule has 0 unspecified atom stereocenters. The van der Waals surface area contributed by atoms with Crippen LogP contribution < -0.4 is 15.8 Å². The van der Waals surface area contributed by atoms with Gasteiger partial charge in [-0.1, -0.05) is 11.3 Å². The number of aromatic nitrogens is 3. The lowest BCUT2D eigenvalue weighted by molar-refractivity contribution is 0.136. The minimum absolute atomic E-state index is 0.0131.